The topological polar surface area (TPSA) is 35.5 Å². The SMILES string of the molecule is CCCCCCC(C)O[PH](=O)OCC(CC)CCCC.[Co+3]. The molecule has 0 aliphatic rings. The van der Waals surface area contributed by atoms with Crippen molar-refractivity contribution in [3.05, 3.63) is 0 Å². The summed E-state index contributed by atoms with van der Waals surface area (Å²) < 4.78 is 22.6. The Kier molecular flexibility index (Phi) is 19.4. The van der Waals surface area contributed by atoms with Crippen LogP contribution in [0.5, 0.6) is 0 Å². The van der Waals surface area contributed by atoms with Crippen molar-refractivity contribution in [2.45, 2.75) is 91.6 Å². The van der Waals surface area contributed by atoms with Crippen LogP contribution in [0.4, 0.5) is 0 Å². The molecule has 0 N–H and O–H groups in total. The number of rotatable bonds is 14. The molecule has 0 saturated heterocycles. The normalized spacial score (nSPS) is 15.2. The molecule has 0 rings (SSSR count). The van der Waals surface area contributed by atoms with Gasteiger partial charge in [0.25, 0.3) is 0 Å². The summed E-state index contributed by atoms with van der Waals surface area (Å²) in [6.07, 6.45) is 10.6. The first-order valence-electron chi connectivity index (χ1n) is 8.47. The summed E-state index contributed by atoms with van der Waals surface area (Å²) in [5, 5.41) is 0. The third-order valence-corrected chi connectivity index (χ3v) is 4.74. The summed E-state index contributed by atoms with van der Waals surface area (Å²) in [5.41, 5.74) is 0. The fourth-order valence-corrected chi connectivity index (χ4v) is 3.09. The van der Waals surface area contributed by atoms with Crippen LogP contribution in [0.3, 0.4) is 0 Å². The smallest absolute Gasteiger partial charge is 0.310 e. The Morgan fingerprint density at radius 2 is 1.62 bits per heavy atom. The molecule has 0 heterocycles. The van der Waals surface area contributed by atoms with Crippen LogP contribution in [0, 0.1) is 5.92 Å². The molecule has 0 aliphatic carbocycles. The fourth-order valence-electron chi connectivity index (χ4n) is 2.20. The van der Waals surface area contributed by atoms with Crippen molar-refractivity contribution < 1.29 is 30.4 Å². The van der Waals surface area contributed by atoms with E-state index >= 15 is 0 Å². The van der Waals surface area contributed by atoms with E-state index in [1.807, 2.05) is 6.92 Å². The zero-order valence-corrected chi connectivity index (χ0v) is 16.3. The van der Waals surface area contributed by atoms with Crippen molar-refractivity contribution in [2.75, 3.05) is 6.61 Å². The van der Waals surface area contributed by atoms with Crippen molar-refractivity contribution in [3.8, 4) is 0 Å². The molecule has 21 heavy (non-hydrogen) atoms. The zero-order valence-electron chi connectivity index (χ0n) is 14.3. The minimum atomic E-state index is -2.31. The summed E-state index contributed by atoms with van der Waals surface area (Å²) >= 11 is 0. The van der Waals surface area contributed by atoms with E-state index in [1.54, 1.807) is 0 Å². The summed E-state index contributed by atoms with van der Waals surface area (Å²) in [4.78, 5) is 0. The van der Waals surface area contributed by atoms with Crippen LogP contribution in [0.15, 0.2) is 0 Å². The van der Waals surface area contributed by atoms with Gasteiger partial charge in [0.1, 0.15) is 0 Å². The second-order valence-corrected chi connectivity index (χ2v) is 6.78. The molecule has 3 atom stereocenters. The minimum absolute atomic E-state index is 0. The fraction of sp³-hybridized carbons (Fsp3) is 1.00. The molecule has 0 aliphatic heterocycles. The molecule has 128 valence electrons. The maximum Gasteiger partial charge on any atom is 3.00 e. The largest absolute Gasteiger partial charge is 3.00 e. The molecule has 0 bridgehead atoms. The molecule has 0 amide bonds. The van der Waals surface area contributed by atoms with E-state index in [0.717, 1.165) is 25.7 Å². The number of hydrogen-bond donors (Lipinski definition) is 0. The predicted molar refractivity (Wildman–Crippen MR) is 87.6 cm³/mol. The van der Waals surface area contributed by atoms with Crippen molar-refractivity contribution in [3.63, 3.8) is 0 Å². The van der Waals surface area contributed by atoms with Gasteiger partial charge in [0.15, 0.2) is 0 Å². The first-order chi connectivity index (χ1) is 9.63. The first kappa shape index (κ1) is 23.9. The van der Waals surface area contributed by atoms with Crippen molar-refractivity contribution in [1.82, 2.24) is 0 Å². The molecule has 3 unspecified atom stereocenters. The molecule has 3 nitrogen and oxygen atoms in total. The van der Waals surface area contributed by atoms with Crippen LogP contribution in [0.25, 0.3) is 0 Å². The van der Waals surface area contributed by atoms with Gasteiger partial charge in [-0.1, -0.05) is 65.7 Å². The Morgan fingerprint density at radius 1 is 0.952 bits per heavy atom. The predicted octanol–water partition coefficient (Wildman–Crippen LogP) is 5.98. The van der Waals surface area contributed by atoms with E-state index in [4.69, 9.17) is 9.05 Å². The van der Waals surface area contributed by atoms with Gasteiger partial charge in [-0.2, -0.15) is 0 Å². The van der Waals surface area contributed by atoms with Crippen molar-refractivity contribution in [2.24, 2.45) is 5.92 Å². The van der Waals surface area contributed by atoms with Crippen LogP contribution < -0.4 is 0 Å². The Balaban J connectivity index is 0. The van der Waals surface area contributed by atoms with E-state index in [1.165, 1.54) is 32.1 Å². The Morgan fingerprint density at radius 3 is 2.19 bits per heavy atom. The zero-order chi connectivity index (χ0) is 15.2. The minimum Gasteiger partial charge on any atom is -0.310 e. The van der Waals surface area contributed by atoms with Gasteiger partial charge in [-0.15, -0.1) is 0 Å². The van der Waals surface area contributed by atoms with Gasteiger partial charge in [-0.3, -0.25) is 4.57 Å². The molecule has 0 aromatic carbocycles. The third kappa shape index (κ3) is 15.3. The average molecular weight is 365 g/mol. The molecule has 0 aromatic rings. The van der Waals surface area contributed by atoms with E-state index in [-0.39, 0.29) is 22.9 Å². The van der Waals surface area contributed by atoms with E-state index in [2.05, 4.69) is 20.8 Å². The van der Waals surface area contributed by atoms with Gasteiger partial charge < -0.3 is 9.05 Å². The van der Waals surface area contributed by atoms with Crippen LogP contribution in [-0.2, 0) is 30.4 Å². The Bertz CT molecular complexity index is 240. The van der Waals surface area contributed by atoms with Gasteiger partial charge in [-0.05, 0) is 25.7 Å². The molecular weight excluding hydrogens is 330 g/mol. The van der Waals surface area contributed by atoms with Gasteiger partial charge in [-0.25, -0.2) is 0 Å². The first-order valence-corrected chi connectivity index (χ1v) is 9.69. The monoisotopic (exact) mass is 365 g/mol. The third-order valence-electron chi connectivity index (χ3n) is 3.74. The summed E-state index contributed by atoms with van der Waals surface area (Å²) in [5.74, 6) is 0.521. The van der Waals surface area contributed by atoms with Crippen LogP contribution in [0.1, 0.15) is 85.5 Å². The van der Waals surface area contributed by atoms with Gasteiger partial charge in [0.2, 0.25) is 0 Å². The summed E-state index contributed by atoms with van der Waals surface area (Å²) in [6.45, 7) is 9.14. The quantitative estimate of drug-likeness (QED) is 0.280. The number of unbranched alkanes of at least 4 members (excludes halogenated alkanes) is 4. The van der Waals surface area contributed by atoms with Gasteiger partial charge >= 0.3 is 25.0 Å². The maximum absolute atomic E-state index is 11.8. The summed E-state index contributed by atoms with van der Waals surface area (Å²) in [7, 11) is -2.31. The molecule has 5 heteroatoms. The Hall–Kier alpha value is 0.656. The van der Waals surface area contributed by atoms with Crippen molar-refractivity contribution in [1.29, 1.82) is 0 Å². The summed E-state index contributed by atoms with van der Waals surface area (Å²) in [6, 6.07) is 0. The molecule has 0 aromatic heterocycles. The van der Waals surface area contributed by atoms with E-state index < -0.39 is 8.25 Å². The second kappa shape index (κ2) is 17.0. The van der Waals surface area contributed by atoms with Crippen LogP contribution in [-0.4, -0.2) is 12.7 Å². The van der Waals surface area contributed by atoms with Crippen LogP contribution >= 0.6 is 8.25 Å². The molecule has 0 saturated carbocycles. The van der Waals surface area contributed by atoms with Crippen LogP contribution in [0.2, 0.25) is 0 Å². The van der Waals surface area contributed by atoms with E-state index in [0.29, 0.717) is 12.5 Å². The Labute approximate surface area is 143 Å². The molecule has 0 spiro atoms. The van der Waals surface area contributed by atoms with Gasteiger partial charge in [0, 0.05) is 0 Å². The number of hydrogen-bond acceptors (Lipinski definition) is 3. The van der Waals surface area contributed by atoms with E-state index in [9.17, 15) is 4.57 Å². The van der Waals surface area contributed by atoms with Crippen molar-refractivity contribution >= 4 is 8.25 Å². The molecular formula is C16H35CoO3P+3. The van der Waals surface area contributed by atoms with Gasteiger partial charge in [0.05, 0.1) is 12.7 Å². The maximum atomic E-state index is 11.8. The average Bonchev–Trinajstić information content (AvgIpc) is 2.44. The standard InChI is InChI=1S/C16H35O3P.Co/c1-5-8-10-11-12-15(4)19-20(17)18-14-16(7-3)13-9-6-2;/h15-16,20H,5-14H2,1-4H3;/q;+3. The molecule has 0 fully saturated rings. The second-order valence-electron chi connectivity index (χ2n) is 5.76. The molecule has 0 radical (unpaired) electrons.